The minimum absolute atomic E-state index is 0.531. The lowest BCUT2D eigenvalue weighted by Crippen LogP contribution is -2.33. The number of carboxylic acid groups (broad SMARTS) is 1. The number of carbonyl (C=O) groups excluding carboxylic acids is 1. The molecule has 0 unspecified atom stereocenters. The lowest BCUT2D eigenvalue weighted by atomic mass is 9.99. The molecule has 28 heavy (non-hydrogen) atoms. The third kappa shape index (κ3) is 5.87. The van der Waals surface area contributed by atoms with Crippen LogP contribution in [-0.4, -0.2) is 29.9 Å². The first-order chi connectivity index (χ1) is 13.2. The van der Waals surface area contributed by atoms with E-state index < -0.39 is 23.6 Å². The Morgan fingerprint density at radius 2 is 1.64 bits per heavy atom. The second kappa shape index (κ2) is 9.08. The third-order valence-corrected chi connectivity index (χ3v) is 3.79. The molecule has 2 aromatic carbocycles. The molecule has 0 radical (unpaired) electrons. The van der Waals surface area contributed by atoms with Crippen molar-refractivity contribution < 1.29 is 24.2 Å². The smallest absolute Gasteiger partial charge is 0.418 e. The van der Waals surface area contributed by atoms with E-state index in [1.807, 2.05) is 6.07 Å². The average molecular weight is 383 g/mol. The van der Waals surface area contributed by atoms with Crippen molar-refractivity contribution in [2.24, 2.45) is 0 Å². The largest absolute Gasteiger partial charge is 0.497 e. The van der Waals surface area contributed by atoms with Crippen molar-refractivity contribution in [3.8, 4) is 5.75 Å². The summed E-state index contributed by atoms with van der Waals surface area (Å²) in [6.07, 6.45) is 2.29. The molecule has 0 saturated carbocycles. The van der Waals surface area contributed by atoms with E-state index in [0.717, 1.165) is 0 Å². The summed E-state index contributed by atoms with van der Waals surface area (Å²) in [5, 5.41) is 9.60. The zero-order valence-corrected chi connectivity index (χ0v) is 16.5. The van der Waals surface area contributed by atoms with Crippen molar-refractivity contribution in [1.29, 1.82) is 0 Å². The Morgan fingerprint density at radius 3 is 2.14 bits per heavy atom. The molecule has 0 saturated heterocycles. The minimum atomic E-state index is -1.01. The Balaban J connectivity index is 2.37. The van der Waals surface area contributed by atoms with Crippen LogP contribution in [0.25, 0.3) is 0 Å². The van der Waals surface area contributed by atoms with E-state index >= 15 is 0 Å². The van der Waals surface area contributed by atoms with Gasteiger partial charge < -0.3 is 14.6 Å². The van der Waals surface area contributed by atoms with Gasteiger partial charge in [-0.3, -0.25) is 9.69 Å². The van der Waals surface area contributed by atoms with Crippen molar-refractivity contribution in [1.82, 2.24) is 0 Å². The fourth-order valence-electron chi connectivity index (χ4n) is 2.47. The number of benzene rings is 2. The molecular formula is C22H25NO5. The summed E-state index contributed by atoms with van der Waals surface area (Å²) in [6, 6.07) is 15.6. The summed E-state index contributed by atoms with van der Waals surface area (Å²) in [5.41, 5.74) is 0.454. The molecule has 2 aromatic rings. The molecule has 0 bridgehead atoms. The molecule has 2 rings (SSSR count). The first-order valence-electron chi connectivity index (χ1n) is 8.83. The highest BCUT2D eigenvalue weighted by Crippen LogP contribution is 2.24. The van der Waals surface area contributed by atoms with Gasteiger partial charge in [0, 0.05) is 6.20 Å². The normalized spacial score (nSPS) is 12.4. The number of hydrogen-bond acceptors (Lipinski definition) is 4. The van der Waals surface area contributed by atoms with Crippen molar-refractivity contribution in [2.75, 3.05) is 12.0 Å². The standard InChI is InChI=1S/C22H25NO5/c1-22(2,3)28-21(26)23(17-10-12-18(27-4)13-11-17)15-14-19(20(24)25)16-8-6-5-7-9-16/h5-15,19H,1-4H3,(H,24,25)/b15-14+/t19-/m0/s1. The maximum Gasteiger partial charge on any atom is 0.418 e. The fourth-order valence-corrected chi connectivity index (χ4v) is 2.47. The molecule has 6 nitrogen and oxygen atoms in total. The SMILES string of the molecule is COc1ccc(N(/C=C/[C@H](C(=O)O)c2ccccc2)C(=O)OC(C)(C)C)cc1. The van der Waals surface area contributed by atoms with Gasteiger partial charge in [-0.1, -0.05) is 30.3 Å². The van der Waals surface area contributed by atoms with Gasteiger partial charge in [-0.05, 0) is 56.7 Å². The fraction of sp³-hybridized carbons (Fsp3) is 0.273. The maximum absolute atomic E-state index is 12.7. The number of rotatable bonds is 6. The Kier molecular flexibility index (Phi) is 6.82. The van der Waals surface area contributed by atoms with Crippen LogP contribution in [0.3, 0.4) is 0 Å². The van der Waals surface area contributed by atoms with Crippen molar-refractivity contribution in [3.63, 3.8) is 0 Å². The summed E-state index contributed by atoms with van der Waals surface area (Å²) >= 11 is 0. The summed E-state index contributed by atoms with van der Waals surface area (Å²) in [4.78, 5) is 25.7. The van der Waals surface area contributed by atoms with E-state index in [0.29, 0.717) is 17.0 Å². The van der Waals surface area contributed by atoms with E-state index in [9.17, 15) is 14.7 Å². The molecule has 1 N–H and O–H groups in total. The van der Waals surface area contributed by atoms with E-state index in [-0.39, 0.29) is 0 Å². The van der Waals surface area contributed by atoms with Crippen LogP contribution in [0.15, 0.2) is 66.9 Å². The molecular weight excluding hydrogens is 358 g/mol. The highest BCUT2D eigenvalue weighted by atomic mass is 16.6. The maximum atomic E-state index is 12.7. The van der Waals surface area contributed by atoms with Gasteiger partial charge >= 0.3 is 12.1 Å². The summed E-state index contributed by atoms with van der Waals surface area (Å²) in [5.74, 6) is -1.27. The van der Waals surface area contributed by atoms with Crippen LogP contribution in [0, 0.1) is 0 Å². The molecule has 0 aliphatic carbocycles. The van der Waals surface area contributed by atoms with Crippen molar-refractivity contribution in [2.45, 2.75) is 32.3 Å². The molecule has 1 atom stereocenters. The van der Waals surface area contributed by atoms with Crippen molar-refractivity contribution >= 4 is 17.7 Å². The molecule has 0 heterocycles. The van der Waals surface area contributed by atoms with Crippen LogP contribution in [0.4, 0.5) is 10.5 Å². The second-order valence-electron chi connectivity index (χ2n) is 7.12. The van der Waals surface area contributed by atoms with Gasteiger partial charge in [0.2, 0.25) is 0 Å². The molecule has 0 aromatic heterocycles. The second-order valence-corrected chi connectivity index (χ2v) is 7.12. The highest BCUT2D eigenvalue weighted by molar-refractivity contribution is 5.90. The van der Waals surface area contributed by atoms with Gasteiger partial charge in [0.25, 0.3) is 0 Å². The molecule has 6 heteroatoms. The van der Waals surface area contributed by atoms with Gasteiger partial charge in [-0.15, -0.1) is 0 Å². The first kappa shape index (κ1) is 21.0. The molecule has 148 valence electrons. The zero-order chi connectivity index (χ0) is 20.7. The monoisotopic (exact) mass is 383 g/mol. The van der Waals surface area contributed by atoms with E-state index in [1.54, 1.807) is 76.4 Å². The average Bonchev–Trinajstić information content (AvgIpc) is 2.64. The van der Waals surface area contributed by atoms with Crippen LogP contribution in [0.1, 0.15) is 32.3 Å². The zero-order valence-electron chi connectivity index (χ0n) is 16.5. The summed E-state index contributed by atoms with van der Waals surface area (Å²) in [6.45, 7) is 5.31. The lowest BCUT2D eigenvalue weighted by molar-refractivity contribution is -0.137. The van der Waals surface area contributed by atoms with Gasteiger partial charge in [0.05, 0.1) is 12.8 Å². The predicted octanol–water partition coefficient (Wildman–Crippen LogP) is 4.82. The van der Waals surface area contributed by atoms with Crippen LogP contribution in [0.5, 0.6) is 5.75 Å². The number of amides is 1. The Labute approximate surface area is 165 Å². The van der Waals surface area contributed by atoms with Gasteiger partial charge in [0.1, 0.15) is 17.3 Å². The van der Waals surface area contributed by atoms with Crippen molar-refractivity contribution in [3.05, 3.63) is 72.4 Å². The van der Waals surface area contributed by atoms with E-state index in [4.69, 9.17) is 9.47 Å². The summed E-state index contributed by atoms with van der Waals surface area (Å²) in [7, 11) is 1.55. The first-order valence-corrected chi connectivity index (χ1v) is 8.83. The molecule has 0 aliphatic rings. The van der Waals surface area contributed by atoms with Crippen LogP contribution >= 0.6 is 0 Å². The number of methoxy groups -OCH3 is 1. The summed E-state index contributed by atoms with van der Waals surface area (Å²) < 4.78 is 10.6. The lowest BCUT2D eigenvalue weighted by Gasteiger charge is -2.25. The Morgan fingerprint density at radius 1 is 1.04 bits per heavy atom. The number of carboxylic acids is 1. The minimum Gasteiger partial charge on any atom is -0.497 e. The quantitative estimate of drug-likeness (QED) is 0.774. The van der Waals surface area contributed by atoms with Crippen LogP contribution in [-0.2, 0) is 9.53 Å². The van der Waals surface area contributed by atoms with E-state index in [1.165, 1.54) is 17.2 Å². The highest BCUT2D eigenvalue weighted by Gasteiger charge is 2.23. The van der Waals surface area contributed by atoms with Gasteiger partial charge in [0.15, 0.2) is 0 Å². The Bertz CT molecular complexity index is 822. The van der Waals surface area contributed by atoms with Gasteiger partial charge in [-0.25, -0.2) is 4.79 Å². The molecule has 0 fully saturated rings. The number of ether oxygens (including phenoxy) is 2. The molecule has 0 aliphatic heterocycles. The number of anilines is 1. The van der Waals surface area contributed by atoms with E-state index in [2.05, 4.69) is 0 Å². The molecule has 0 spiro atoms. The number of carbonyl (C=O) groups is 2. The topological polar surface area (TPSA) is 76.1 Å². The molecule has 1 amide bonds. The third-order valence-electron chi connectivity index (χ3n) is 3.79. The number of hydrogen-bond donors (Lipinski definition) is 1. The van der Waals surface area contributed by atoms with Gasteiger partial charge in [-0.2, -0.15) is 0 Å². The van der Waals surface area contributed by atoms with Crippen LogP contribution < -0.4 is 9.64 Å². The number of nitrogens with zero attached hydrogens (tertiary/aromatic N) is 1. The van der Waals surface area contributed by atoms with Crippen LogP contribution in [0.2, 0.25) is 0 Å². The Hall–Kier alpha value is -3.28. The predicted molar refractivity (Wildman–Crippen MR) is 108 cm³/mol. The number of aliphatic carboxylic acids is 1.